The van der Waals surface area contributed by atoms with Crippen molar-refractivity contribution in [1.29, 1.82) is 0 Å². The molecule has 0 saturated heterocycles. The Labute approximate surface area is 84.1 Å². The van der Waals surface area contributed by atoms with Crippen LogP contribution < -0.4 is 16.6 Å². The summed E-state index contributed by atoms with van der Waals surface area (Å²) in [5.74, 6) is 6.81. The van der Waals surface area contributed by atoms with Crippen molar-refractivity contribution < 1.29 is 0 Å². The summed E-state index contributed by atoms with van der Waals surface area (Å²) in [4.78, 5) is 8.16. The Morgan fingerprint density at radius 2 is 2.07 bits per heavy atom. The van der Waals surface area contributed by atoms with Gasteiger partial charge in [-0.1, -0.05) is 6.92 Å². The van der Waals surface area contributed by atoms with Crippen LogP contribution in [-0.2, 0) is 0 Å². The Kier molecular flexibility index (Phi) is 3.64. The molecule has 78 valence electrons. The number of aromatic nitrogens is 2. The number of anilines is 2. The third kappa shape index (κ3) is 2.32. The normalized spacial score (nSPS) is 12.3. The number of rotatable bonds is 4. The Bertz CT molecular complexity index is 299. The van der Waals surface area contributed by atoms with Crippen molar-refractivity contribution in [1.82, 2.24) is 9.97 Å². The van der Waals surface area contributed by atoms with Crippen molar-refractivity contribution in [3.8, 4) is 0 Å². The summed E-state index contributed by atoms with van der Waals surface area (Å²) in [5, 5.41) is 3.29. The van der Waals surface area contributed by atoms with Gasteiger partial charge in [-0.15, -0.1) is 0 Å². The molecular weight excluding hydrogens is 178 g/mol. The van der Waals surface area contributed by atoms with Gasteiger partial charge in [0.05, 0.1) is 0 Å². The van der Waals surface area contributed by atoms with Crippen molar-refractivity contribution in [3.63, 3.8) is 0 Å². The van der Waals surface area contributed by atoms with Gasteiger partial charge in [-0.05, 0) is 20.3 Å². The van der Waals surface area contributed by atoms with Crippen molar-refractivity contribution in [2.45, 2.75) is 33.2 Å². The van der Waals surface area contributed by atoms with E-state index < -0.39 is 0 Å². The minimum atomic E-state index is 0.397. The molecule has 0 aliphatic heterocycles. The van der Waals surface area contributed by atoms with Gasteiger partial charge in [0.2, 0.25) is 0 Å². The number of nitrogens with one attached hydrogen (secondary N) is 2. The van der Waals surface area contributed by atoms with E-state index in [1.54, 1.807) is 0 Å². The van der Waals surface area contributed by atoms with Crippen molar-refractivity contribution in [3.05, 3.63) is 11.9 Å². The van der Waals surface area contributed by atoms with Gasteiger partial charge in [0.15, 0.2) is 0 Å². The van der Waals surface area contributed by atoms with E-state index in [0.29, 0.717) is 11.9 Å². The largest absolute Gasteiger partial charge is 0.367 e. The molecule has 1 rings (SSSR count). The molecule has 14 heavy (non-hydrogen) atoms. The number of hydrazine groups is 1. The quantitative estimate of drug-likeness (QED) is 0.498. The van der Waals surface area contributed by atoms with Crippen LogP contribution in [0.25, 0.3) is 0 Å². The van der Waals surface area contributed by atoms with Gasteiger partial charge in [0.1, 0.15) is 18.0 Å². The van der Waals surface area contributed by atoms with Crippen LogP contribution in [0.2, 0.25) is 0 Å². The highest BCUT2D eigenvalue weighted by Gasteiger charge is 2.07. The lowest BCUT2D eigenvalue weighted by Gasteiger charge is -2.15. The first-order chi connectivity index (χ1) is 6.69. The second kappa shape index (κ2) is 4.76. The van der Waals surface area contributed by atoms with Crippen LogP contribution in [0.3, 0.4) is 0 Å². The maximum absolute atomic E-state index is 5.31. The minimum Gasteiger partial charge on any atom is -0.367 e. The van der Waals surface area contributed by atoms with Crippen LogP contribution in [0.5, 0.6) is 0 Å². The average Bonchev–Trinajstić information content (AvgIpc) is 2.21. The van der Waals surface area contributed by atoms with E-state index in [1.165, 1.54) is 6.33 Å². The Balaban J connectivity index is 2.86. The van der Waals surface area contributed by atoms with Crippen molar-refractivity contribution >= 4 is 11.6 Å². The topological polar surface area (TPSA) is 75.9 Å². The highest BCUT2D eigenvalue weighted by atomic mass is 15.3. The Hall–Kier alpha value is -1.36. The van der Waals surface area contributed by atoms with Gasteiger partial charge in [0, 0.05) is 11.6 Å². The van der Waals surface area contributed by atoms with Gasteiger partial charge >= 0.3 is 0 Å². The van der Waals surface area contributed by atoms with Crippen molar-refractivity contribution in [2.24, 2.45) is 5.84 Å². The van der Waals surface area contributed by atoms with E-state index in [1.807, 2.05) is 6.92 Å². The zero-order valence-corrected chi connectivity index (χ0v) is 8.83. The monoisotopic (exact) mass is 195 g/mol. The van der Waals surface area contributed by atoms with E-state index in [-0.39, 0.29) is 0 Å². The molecule has 5 heteroatoms. The molecule has 4 N–H and O–H groups in total. The van der Waals surface area contributed by atoms with Crippen LogP contribution in [0.1, 0.15) is 25.8 Å². The van der Waals surface area contributed by atoms with Gasteiger partial charge in [-0.2, -0.15) is 0 Å². The molecule has 0 aliphatic rings. The smallest absolute Gasteiger partial charge is 0.148 e. The predicted octanol–water partition coefficient (Wildman–Crippen LogP) is 1.28. The first-order valence-corrected chi connectivity index (χ1v) is 4.73. The number of nitrogens with two attached hydrogens (primary N) is 1. The lowest BCUT2D eigenvalue weighted by Crippen LogP contribution is -2.17. The summed E-state index contributed by atoms with van der Waals surface area (Å²) in [7, 11) is 0. The van der Waals surface area contributed by atoms with Crippen molar-refractivity contribution in [2.75, 3.05) is 10.7 Å². The first-order valence-electron chi connectivity index (χ1n) is 4.73. The number of nitrogen functional groups attached to an aromatic ring is 1. The third-order valence-electron chi connectivity index (χ3n) is 2.22. The molecule has 5 nitrogen and oxygen atoms in total. The fraction of sp³-hybridized carbons (Fsp3) is 0.556. The van der Waals surface area contributed by atoms with Gasteiger partial charge in [-0.3, -0.25) is 0 Å². The second-order valence-corrected chi connectivity index (χ2v) is 3.29. The van der Waals surface area contributed by atoms with E-state index in [4.69, 9.17) is 5.84 Å². The lowest BCUT2D eigenvalue weighted by atomic mass is 10.2. The first kappa shape index (κ1) is 10.7. The third-order valence-corrected chi connectivity index (χ3v) is 2.22. The summed E-state index contributed by atoms with van der Waals surface area (Å²) >= 11 is 0. The number of nitrogens with zero attached hydrogens (tertiary/aromatic N) is 2. The zero-order chi connectivity index (χ0) is 10.6. The fourth-order valence-corrected chi connectivity index (χ4v) is 1.08. The summed E-state index contributed by atoms with van der Waals surface area (Å²) in [6.07, 6.45) is 2.54. The molecule has 0 saturated carbocycles. The standard InChI is InChI=1S/C9H17N5/c1-4-6(2)13-8-7(3)9(14-10)12-5-11-8/h5-6H,4,10H2,1-3H3,(H2,11,12,13,14). The highest BCUT2D eigenvalue weighted by molar-refractivity contribution is 5.56. The molecule has 0 bridgehead atoms. The molecule has 1 aromatic rings. The van der Waals surface area contributed by atoms with Crippen LogP contribution in [0.4, 0.5) is 11.6 Å². The summed E-state index contributed by atoms with van der Waals surface area (Å²) in [5.41, 5.74) is 3.48. The molecule has 0 fully saturated rings. The van der Waals surface area contributed by atoms with Crippen LogP contribution in [-0.4, -0.2) is 16.0 Å². The van der Waals surface area contributed by atoms with E-state index in [2.05, 4.69) is 34.6 Å². The number of hydrogen-bond donors (Lipinski definition) is 3. The molecular formula is C9H17N5. The van der Waals surface area contributed by atoms with E-state index in [0.717, 1.165) is 17.8 Å². The maximum atomic E-state index is 5.31. The van der Waals surface area contributed by atoms with Gasteiger partial charge in [0.25, 0.3) is 0 Å². The lowest BCUT2D eigenvalue weighted by molar-refractivity contribution is 0.757. The average molecular weight is 195 g/mol. The molecule has 0 aliphatic carbocycles. The molecule has 1 atom stereocenters. The molecule has 1 unspecified atom stereocenters. The second-order valence-electron chi connectivity index (χ2n) is 3.29. The summed E-state index contributed by atoms with van der Waals surface area (Å²) < 4.78 is 0. The molecule has 0 amide bonds. The van der Waals surface area contributed by atoms with Crippen LogP contribution >= 0.6 is 0 Å². The molecule has 0 radical (unpaired) electrons. The summed E-state index contributed by atoms with van der Waals surface area (Å²) in [6, 6.07) is 0.397. The number of hydrogen-bond acceptors (Lipinski definition) is 5. The maximum Gasteiger partial charge on any atom is 0.148 e. The van der Waals surface area contributed by atoms with Gasteiger partial charge in [-0.25, -0.2) is 15.8 Å². The Morgan fingerprint density at radius 1 is 1.43 bits per heavy atom. The predicted molar refractivity (Wildman–Crippen MR) is 58.0 cm³/mol. The SMILES string of the molecule is CCC(C)Nc1ncnc(NN)c1C. The van der Waals surface area contributed by atoms with E-state index >= 15 is 0 Å². The highest BCUT2D eigenvalue weighted by Crippen LogP contribution is 2.17. The minimum absolute atomic E-state index is 0.397. The van der Waals surface area contributed by atoms with Gasteiger partial charge < -0.3 is 10.7 Å². The molecule has 1 heterocycles. The Morgan fingerprint density at radius 3 is 2.64 bits per heavy atom. The van der Waals surface area contributed by atoms with Crippen LogP contribution in [0, 0.1) is 6.92 Å². The summed E-state index contributed by atoms with van der Waals surface area (Å²) in [6.45, 7) is 6.16. The fourth-order valence-electron chi connectivity index (χ4n) is 1.08. The van der Waals surface area contributed by atoms with E-state index in [9.17, 15) is 0 Å². The molecule has 0 spiro atoms. The zero-order valence-electron chi connectivity index (χ0n) is 8.83. The van der Waals surface area contributed by atoms with Crippen LogP contribution in [0.15, 0.2) is 6.33 Å². The molecule has 1 aromatic heterocycles. The molecule has 0 aromatic carbocycles.